The van der Waals surface area contributed by atoms with Crippen molar-refractivity contribution in [3.05, 3.63) is 35.9 Å². The summed E-state index contributed by atoms with van der Waals surface area (Å²) in [6, 6.07) is 11.6. The Morgan fingerprint density at radius 3 is 2.53 bits per heavy atom. The molecule has 3 rings (SSSR count). The fourth-order valence-corrected chi connectivity index (χ4v) is 3.27. The molecule has 2 aliphatic rings. The number of hydrogen-bond acceptors (Lipinski definition) is 3. The molecule has 2 saturated heterocycles. The molecule has 104 valence electrons. The molecule has 0 radical (unpaired) electrons. The van der Waals surface area contributed by atoms with Gasteiger partial charge in [0.2, 0.25) is 0 Å². The van der Waals surface area contributed by atoms with Crippen molar-refractivity contribution in [1.29, 1.82) is 0 Å². The Morgan fingerprint density at radius 1 is 1.05 bits per heavy atom. The van der Waals surface area contributed by atoms with Gasteiger partial charge in [0.25, 0.3) is 0 Å². The molecule has 2 fully saturated rings. The van der Waals surface area contributed by atoms with Gasteiger partial charge in [-0.25, -0.2) is 0 Å². The van der Waals surface area contributed by atoms with E-state index in [1.54, 1.807) is 0 Å². The van der Waals surface area contributed by atoms with Crippen LogP contribution < -0.4 is 5.32 Å². The molecule has 1 atom stereocenters. The highest BCUT2D eigenvalue weighted by atomic mass is 15.3. The Balaban J connectivity index is 1.46. The SMILES string of the molecule is c1ccc(CN2CCN([C@@H]3CCCNC3)CC2)cc1. The van der Waals surface area contributed by atoms with Crippen LogP contribution in [-0.4, -0.2) is 55.1 Å². The van der Waals surface area contributed by atoms with Crippen LogP contribution in [0, 0.1) is 0 Å². The number of piperidine rings is 1. The summed E-state index contributed by atoms with van der Waals surface area (Å²) in [6.07, 6.45) is 2.72. The quantitative estimate of drug-likeness (QED) is 0.888. The molecule has 3 nitrogen and oxygen atoms in total. The maximum Gasteiger partial charge on any atom is 0.0234 e. The van der Waals surface area contributed by atoms with Crippen molar-refractivity contribution >= 4 is 0 Å². The minimum absolute atomic E-state index is 0.785. The van der Waals surface area contributed by atoms with Gasteiger partial charge in [0.1, 0.15) is 0 Å². The standard InChI is InChI=1S/C16H25N3/c1-2-5-15(6-3-1)14-18-9-11-19(12-10-18)16-7-4-8-17-13-16/h1-3,5-6,16-17H,4,7-14H2/t16-/m1/s1. The van der Waals surface area contributed by atoms with E-state index in [4.69, 9.17) is 0 Å². The van der Waals surface area contributed by atoms with Gasteiger partial charge in [-0.3, -0.25) is 9.80 Å². The molecule has 1 N–H and O–H groups in total. The first-order valence-corrected chi connectivity index (χ1v) is 7.63. The van der Waals surface area contributed by atoms with E-state index in [0.29, 0.717) is 0 Å². The topological polar surface area (TPSA) is 18.5 Å². The van der Waals surface area contributed by atoms with Crippen molar-refractivity contribution in [3.63, 3.8) is 0 Å². The molecular weight excluding hydrogens is 234 g/mol. The normalized spacial score (nSPS) is 26.4. The van der Waals surface area contributed by atoms with Crippen LogP contribution in [0.5, 0.6) is 0 Å². The molecular formula is C16H25N3. The Kier molecular flexibility index (Phi) is 4.49. The number of rotatable bonds is 3. The van der Waals surface area contributed by atoms with E-state index in [9.17, 15) is 0 Å². The van der Waals surface area contributed by atoms with Crippen LogP contribution >= 0.6 is 0 Å². The van der Waals surface area contributed by atoms with Crippen LogP contribution in [0.15, 0.2) is 30.3 Å². The predicted octanol–water partition coefficient (Wildman–Crippen LogP) is 1.56. The summed E-state index contributed by atoms with van der Waals surface area (Å²) in [5.41, 5.74) is 1.44. The molecule has 0 amide bonds. The zero-order chi connectivity index (χ0) is 12.9. The lowest BCUT2D eigenvalue weighted by Crippen LogP contribution is -2.54. The van der Waals surface area contributed by atoms with Gasteiger partial charge in [-0.15, -0.1) is 0 Å². The lowest BCUT2D eigenvalue weighted by atomic mass is 10.0. The van der Waals surface area contributed by atoms with Gasteiger partial charge in [0, 0.05) is 45.3 Å². The third kappa shape index (κ3) is 3.56. The lowest BCUT2D eigenvalue weighted by molar-refractivity contribution is 0.0807. The smallest absolute Gasteiger partial charge is 0.0234 e. The van der Waals surface area contributed by atoms with E-state index < -0.39 is 0 Å². The van der Waals surface area contributed by atoms with Crippen LogP contribution in [0.2, 0.25) is 0 Å². The fourth-order valence-electron chi connectivity index (χ4n) is 3.27. The first-order valence-electron chi connectivity index (χ1n) is 7.63. The third-order valence-corrected chi connectivity index (χ3v) is 4.44. The molecule has 3 heteroatoms. The van der Waals surface area contributed by atoms with Crippen molar-refractivity contribution in [2.75, 3.05) is 39.3 Å². The highest BCUT2D eigenvalue weighted by molar-refractivity contribution is 5.14. The van der Waals surface area contributed by atoms with Crippen molar-refractivity contribution < 1.29 is 0 Å². The maximum atomic E-state index is 3.53. The van der Waals surface area contributed by atoms with E-state index in [2.05, 4.69) is 45.4 Å². The second-order valence-corrected chi connectivity index (χ2v) is 5.80. The zero-order valence-electron chi connectivity index (χ0n) is 11.7. The van der Waals surface area contributed by atoms with Crippen LogP contribution in [-0.2, 0) is 6.54 Å². The van der Waals surface area contributed by atoms with Crippen LogP contribution in [0.3, 0.4) is 0 Å². The lowest BCUT2D eigenvalue weighted by Gasteiger charge is -2.40. The van der Waals surface area contributed by atoms with Gasteiger partial charge in [0.15, 0.2) is 0 Å². The monoisotopic (exact) mass is 259 g/mol. The minimum atomic E-state index is 0.785. The first-order chi connectivity index (χ1) is 9.42. The molecule has 0 saturated carbocycles. The number of piperazine rings is 1. The van der Waals surface area contributed by atoms with E-state index in [-0.39, 0.29) is 0 Å². The molecule has 0 bridgehead atoms. The molecule has 0 unspecified atom stereocenters. The third-order valence-electron chi connectivity index (χ3n) is 4.44. The molecule has 0 aliphatic carbocycles. The highest BCUT2D eigenvalue weighted by Crippen LogP contribution is 2.14. The van der Waals surface area contributed by atoms with Crippen LogP contribution in [0.1, 0.15) is 18.4 Å². The zero-order valence-corrected chi connectivity index (χ0v) is 11.7. The molecule has 2 aliphatic heterocycles. The summed E-state index contributed by atoms with van der Waals surface area (Å²) < 4.78 is 0. The number of nitrogens with zero attached hydrogens (tertiary/aromatic N) is 2. The van der Waals surface area contributed by atoms with Crippen LogP contribution in [0.25, 0.3) is 0 Å². The Hall–Kier alpha value is -0.900. The second kappa shape index (κ2) is 6.51. The Morgan fingerprint density at radius 2 is 1.84 bits per heavy atom. The summed E-state index contributed by atoms with van der Waals surface area (Å²) in [5, 5.41) is 3.53. The molecule has 1 aromatic rings. The number of nitrogens with one attached hydrogen (secondary N) is 1. The average Bonchev–Trinajstić information content (AvgIpc) is 2.50. The molecule has 0 aromatic heterocycles. The van der Waals surface area contributed by atoms with Gasteiger partial charge < -0.3 is 5.32 Å². The molecule has 1 aromatic carbocycles. The van der Waals surface area contributed by atoms with E-state index in [1.807, 2.05) is 0 Å². The largest absolute Gasteiger partial charge is 0.315 e. The van der Waals surface area contributed by atoms with Gasteiger partial charge in [-0.05, 0) is 24.9 Å². The summed E-state index contributed by atoms with van der Waals surface area (Å²) in [5.74, 6) is 0. The van der Waals surface area contributed by atoms with Gasteiger partial charge in [-0.1, -0.05) is 30.3 Å². The van der Waals surface area contributed by atoms with Crippen molar-refractivity contribution in [3.8, 4) is 0 Å². The minimum Gasteiger partial charge on any atom is -0.315 e. The summed E-state index contributed by atoms with van der Waals surface area (Å²) in [6.45, 7) is 8.41. The number of benzene rings is 1. The van der Waals surface area contributed by atoms with Crippen molar-refractivity contribution in [1.82, 2.24) is 15.1 Å². The summed E-state index contributed by atoms with van der Waals surface area (Å²) >= 11 is 0. The highest BCUT2D eigenvalue weighted by Gasteiger charge is 2.24. The second-order valence-electron chi connectivity index (χ2n) is 5.80. The Labute approximate surface area is 116 Å². The molecule has 2 heterocycles. The predicted molar refractivity (Wildman–Crippen MR) is 79.2 cm³/mol. The van der Waals surface area contributed by atoms with E-state index in [0.717, 1.165) is 12.6 Å². The molecule has 0 spiro atoms. The average molecular weight is 259 g/mol. The van der Waals surface area contributed by atoms with Gasteiger partial charge >= 0.3 is 0 Å². The molecule has 19 heavy (non-hydrogen) atoms. The summed E-state index contributed by atoms with van der Waals surface area (Å²) in [7, 11) is 0. The summed E-state index contributed by atoms with van der Waals surface area (Å²) in [4.78, 5) is 5.27. The van der Waals surface area contributed by atoms with Gasteiger partial charge in [0.05, 0.1) is 0 Å². The first kappa shape index (κ1) is 13.1. The van der Waals surface area contributed by atoms with E-state index >= 15 is 0 Å². The van der Waals surface area contributed by atoms with Gasteiger partial charge in [-0.2, -0.15) is 0 Å². The van der Waals surface area contributed by atoms with Crippen molar-refractivity contribution in [2.45, 2.75) is 25.4 Å². The van der Waals surface area contributed by atoms with E-state index in [1.165, 1.54) is 57.7 Å². The maximum absolute atomic E-state index is 3.53. The Bertz CT molecular complexity index is 365. The fraction of sp³-hybridized carbons (Fsp3) is 0.625. The van der Waals surface area contributed by atoms with Crippen LogP contribution in [0.4, 0.5) is 0 Å². The number of hydrogen-bond donors (Lipinski definition) is 1. The van der Waals surface area contributed by atoms with Crippen molar-refractivity contribution in [2.24, 2.45) is 0 Å².